The van der Waals surface area contributed by atoms with Gasteiger partial charge in [-0.2, -0.15) is 0 Å². The normalized spacial score (nSPS) is 10.1. The van der Waals surface area contributed by atoms with Crippen LogP contribution in [0.4, 0.5) is 5.69 Å². The van der Waals surface area contributed by atoms with Gasteiger partial charge in [0.05, 0.1) is 7.11 Å². The van der Waals surface area contributed by atoms with Crippen LogP contribution in [0.15, 0.2) is 36.4 Å². The Hall–Kier alpha value is -3.02. The van der Waals surface area contributed by atoms with Crippen LogP contribution in [0.5, 0.6) is 5.75 Å². The first kappa shape index (κ1) is 14.4. The molecule has 0 bridgehead atoms. The molecule has 6 heteroatoms. The summed E-state index contributed by atoms with van der Waals surface area (Å²) in [6.45, 7) is 0. The predicted molar refractivity (Wildman–Crippen MR) is 79.9 cm³/mol. The Labute approximate surface area is 121 Å². The van der Waals surface area contributed by atoms with E-state index in [0.717, 1.165) is 0 Å². The van der Waals surface area contributed by atoms with Crippen LogP contribution in [0, 0.1) is 0 Å². The van der Waals surface area contributed by atoms with Gasteiger partial charge in [0.25, 0.3) is 0 Å². The molecule has 2 aromatic carbocycles. The molecule has 0 aliphatic rings. The van der Waals surface area contributed by atoms with Crippen molar-refractivity contribution in [3.8, 4) is 16.9 Å². The number of hydrogen-bond acceptors (Lipinski definition) is 4. The number of benzene rings is 2. The Bertz CT molecular complexity index is 726. The molecule has 0 aliphatic heterocycles. The molecule has 0 aliphatic carbocycles. The summed E-state index contributed by atoms with van der Waals surface area (Å²) in [7, 11) is 1.49. The van der Waals surface area contributed by atoms with E-state index in [-0.39, 0.29) is 11.1 Å². The standard InChI is InChI=1S/C15H15N3O3/c1-21-13-7-9(16)3-5-10(13)12-6-8(14(17)19)2-4-11(12)15(18)20/h2-7H,16H2,1H3,(H2,17,19)(H2,18,20). The average molecular weight is 285 g/mol. The van der Waals surface area contributed by atoms with E-state index in [1.54, 1.807) is 18.2 Å². The highest BCUT2D eigenvalue weighted by atomic mass is 16.5. The number of rotatable bonds is 4. The van der Waals surface area contributed by atoms with Gasteiger partial charge in [0.1, 0.15) is 5.75 Å². The quantitative estimate of drug-likeness (QED) is 0.729. The van der Waals surface area contributed by atoms with Gasteiger partial charge in [-0.15, -0.1) is 0 Å². The second-order valence-electron chi connectivity index (χ2n) is 4.45. The fraction of sp³-hybridized carbons (Fsp3) is 0.0667. The molecule has 0 unspecified atom stereocenters. The molecule has 2 rings (SSSR count). The summed E-state index contributed by atoms with van der Waals surface area (Å²) in [5.41, 5.74) is 18.5. The number of methoxy groups -OCH3 is 1. The molecule has 6 nitrogen and oxygen atoms in total. The summed E-state index contributed by atoms with van der Waals surface area (Å²) in [5, 5.41) is 0. The van der Waals surface area contributed by atoms with Gasteiger partial charge < -0.3 is 21.9 Å². The zero-order valence-corrected chi connectivity index (χ0v) is 11.4. The van der Waals surface area contributed by atoms with E-state index in [1.807, 2.05) is 0 Å². The Morgan fingerprint density at radius 2 is 1.67 bits per heavy atom. The number of ether oxygens (including phenoxy) is 1. The second-order valence-corrected chi connectivity index (χ2v) is 4.45. The molecule has 0 saturated carbocycles. The Kier molecular flexibility index (Phi) is 3.80. The molecular formula is C15H15N3O3. The largest absolute Gasteiger partial charge is 0.496 e. The lowest BCUT2D eigenvalue weighted by atomic mass is 9.95. The number of carbonyl (C=O) groups is 2. The van der Waals surface area contributed by atoms with Crippen molar-refractivity contribution in [2.75, 3.05) is 12.8 Å². The number of nitrogen functional groups attached to an aromatic ring is 1. The van der Waals surface area contributed by atoms with Crippen LogP contribution in [0.3, 0.4) is 0 Å². The summed E-state index contributed by atoms with van der Waals surface area (Å²) < 4.78 is 5.27. The minimum Gasteiger partial charge on any atom is -0.496 e. The number of amides is 2. The van der Waals surface area contributed by atoms with Crippen molar-refractivity contribution in [2.24, 2.45) is 11.5 Å². The van der Waals surface area contributed by atoms with Crippen molar-refractivity contribution in [1.29, 1.82) is 0 Å². The van der Waals surface area contributed by atoms with Crippen molar-refractivity contribution < 1.29 is 14.3 Å². The minimum absolute atomic E-state index is 0.267. The van der Waals surface area contributed by atoms with E-state index in [4.69, 9.17) is 21.9 Å². The summed E-state index contributed by atoms with van der Waals surface area (Å²) in [6, 6.07) is 9.41. The Morgan fingerprint density at radius 1 is 0.952 bits per heavy atom. The van der Waals surface area contributed by atoms with Gasteiger partial charge in [-0.3, -0.25) is 9.59 Å². The van der Waals surface area contributed by atoms with Gasteiger partial charge in [-0.25, -0.2) is 0 Å². The number of primary amides is 2. The van der Waals surface area contributed by atoms with Crippen molar-refractivity contribution in [3.05, 3.63) is 47.5 Å². The molecule has 0 radical (unpaired) electrons. The minimum atomic E-state index is -0.611. The zero-order chi connectivity index (χ0) is 15.6. The molecule has 21 heavy (non-hydrogen) atoms. The van der Waals surface area contributed by atoms with Gasteiger partial charge >= 0.3 is 0 Å². The molecule has 0 heterocycles. The van der Waals surface area contributed by atoms with Crippen LogP contribution in [0.2, 0.25) is 0 Å². The second kappa shape index (κ2) is 5.54. The van der Waals surface area contributed by atoms with Crippen LogP contribution in [0.25, 0.3) is 11.1 Å². The summed E-state index contributed by atoms with van der Waals surface area (Å²) in [4.78, 5) is 22.9. The van der Waals surface area contributed by atoms with E-state index < -0.39 is 11.8 Å². The third-order valence-electron chi connectivity index (χ3n) is 3.09. The zero-order valence-electron chi connectivity index (χ0n) is 11.4. The topological polar surface area (TPSA) is 121 Å². The third kappa shape index (κ3) is 2.79. The summed E-state index contributed by atoms with van der Waals surface area (Å²) in [6.07, 6.45) is 0. The lowest BCUT2D eigenvalue weighted by Crippen LogP contribution is -2.15. The van der Waals surface area contributed by atoms with Crippen LogP contribution < -0.4 is 21.9 Å². The van der Waals surface area contributed by atoms with Crippen molar-refractivity contribution >= 4 is 17.5 Å². The lowest BCUT2D eigenvalue weighted by molar-refractivity contribution is 0.0988. The molecule has 0 saturated heterocycles. The molecule has 0 fully saturated rings. The number of hydrogen-bond donors (Lipinski definition) is 3. The van der Waals surface area contributed by atoms with Crippen LogP contribution >= 0.6 is 0 Å². The Morgan fingerprint density at radius 3 is 2.24 bits per heavy atom. The van der Waals surface area contributed by atoms with E-state index in [0.29, 0.717) is 22.6 Å². The molecular weight excluding hydrogens is 270 g/mol. The fourth-order valence-corrected chi connectivity index (χ4v) is 2.07. The highest BCUT2D eigenvalue weighted by molar-refractivity contribution is 6.03. The van der Waals surface area contributed by atoms with E-state index in [2.05, 4.69) is 0 Å². The summed E-state index contributed by atoms with van der Waals surface area (Å²) in [5.74, 6) is -0.735. The number of carbonyl (C=O) groups excluding carboxylic acids is 2. The maximum atomic E-state index is 11.6. The maximum absolute atomic E-state index is 11.6. The molecule has 6 N–H and O–H groups in total. The van der Waals surface area contributed by atoms with Gasteiger partial charge in [0.2, 0.25) is 11.8 Å². The molecule has 2 amide bonds. The summed E-state index contributed by atoms with van der Waals surface area (Å²) >= 11 is 0. The SMILES string of the molecule is COc1cc(N)ccc1-c1cc(C(N)=O)ccc1C(N)=O. The highest BCUT2D eigenvalue weighted by Crippen LogP contribution is 2.34. The molecule has 2 aromatic rings. The van der Waals surface area contributed by atoms with E-state index >= 15 is 0 Å². The van der Waals surface area contributed by atoms with Gasteiger partial charge in [0.15, 0.2) is 0 Å². The maximum Gasteiger partial charge on any atom is 0.249 e. The van der Waals surface area contributed by atoms with Crippen LogP contribution in [-0.2, 0) is 0 Å². The fourth-order valence-electron chi connectivity index (χ4n) is 2.07. The van der Waals surface area contributed by atoms with E-state index in [9.17, 15) is 9.59 Å². The first-order chi connectivity index (χ1) is 9.93. The van der Waals surface area contributed by atoms with Crippen molar-refractivity contribution in [2.45, 2.75) is 0 Å². The van der Waals surface area contributed by atoms with Crippen LogP contribution in [-0.4, -0.2) is 18.9 Å². The smallest absolute Gasteiger partial charge is 0.249 e. The molecule has 0 atom stereocenters. The predicted octanol–water partition coefficient (Wildman–Crippen LogP) is 1.14. The molecule has 0 spiro atoms. The average Bonchev–Trinajstić information content (AvgIpc) is 2.46. The van der Waals surface area contributed by atoms with Crippen molar-refractivity contribution in [3.63, 3.8) is 0 Å². The third-order valence-corrected chi connectivity index (χ3v) is 3.09. The highest BCUT2D eigenvalue weighted by Gasteiger charge is 2.16. The first-order valence-corrected chi connectivity index (χ1v) is 6.11. The van der Waals surface area contributed by atoms with Gasteiger partial charge in [-0.1, -0.05) is 0 Å². The molecule has 0 aromatic heterocycles. The van der Waals surface area contributed by atoms with E-state index in [1.165, 1.54) is 25.3 Å². The monoisotopic (exact) mass is 285 g/mol. The molecule has 108 valence electrons. The number of nitrogens with two attached hydrogens (primary N) is 3. The van der Waals surface area contributed by atoms with Gasteiger partial charge in [-0.05, 0) is 35.9 Å². The van der Waals surface area contributed by atoms with Gasteiger partial charge in [0, 0.05) is 28.4 Å². The number of anilines is 1. The van der Waals surface area contributed by atoms with Crippen molar-refractivity contribution in [1.82, 2.24) is 0 Å². The Balaban J connectivity index is 2.74. The van der Waals surface area contributed by atoms with Crippen LogP contribution in [0.1, 0.15) is 20.7 Å². The lowest BCUT2D eigenvalue weighted by Gasteiger charge is -2.13. The first-order valence-electron chi connectivity index (χ1n) is 6.11.